The number of nitrogens with one attached hydrogen (secondary N) is 2. The number of nitrogens with zero attached hydrogens (tertiary/aromatic N) is 3. The average Bonchev–Trinajstić information content (AvgIpc) is 3.65. The summed E-state index contributed by atoms with van der Waals surface area (Å²) in [5.41, 5.74) is 6.36. The van der Waals surface area contributed by atoms with Crippen LogP contribution in [0.25, 0.3) is 27.1 Å². The first-order chi connectivity index (χ1) is 17.6. The lowest BCUT2D eigenvalue weighted by Gasteiger charge is -2.14. The summed E-state index contributed by atoms with van der Waals surface area (Å²) in [5, 5.41) is 19.3. The largest absolute Gasteiger partial charge is 0.394 e. The zero-order valence-electron chi connectivity index (χ0n) is 19.6. The highest BCUT2D eigenvalue weighted by Crippen LogP contribution is 2.28. The minimum atomic E-state index is -0.367. The summed E-state index contributed by atoms with van der Waals surface area (Å²) in [4.78, 5) is 35.5. The quantitative estimate of drug-likeness (QED) is 0.271. The zero-order chi connectivity index (χ0) is 25.1. The Hall–Kier alpha value is -3.60. The molecule has 1 aromatic carbocycles. The van der Waals surface area contributed by atoms with Crippen LogP contribution in [0.1, 0.15) is 39.8 Å². The third kappa shape index (κ3) is 4.75. The third-order valence-corrected chi connectivity index (χ3v) is 7.52. The Bertz CT molecular complexity index is 1520. The van der Waals surface area contributed by atoms with Gasteiger partial charge in [-0.1, -0.05) is 13.0 Å². The molecule has 10 heteroatoms. The lowest BCUT2D eigenvalue weighted by molar-refractivity contribution is 0.0907. The maximum Gasteiger partial charge on any atom is 0.270 e. The van der Waals surface area contributed by atoms with Crippen molar-refractivity contribution in [2.75, 3.05) is 13.2 Å². The number of amides is 2. The Morgan fingerprint density at radius 1 is 1.19 bits per heavy atom. The monoisotopic (exact) mass is 519 g/mol. The van der Waals surface area contributed by atoms with Gasteiger partial charge in [-0.05, 0) is 54.1 Å². The summed E-state index contributed by atoms with van der Waals surface area (Å²) >= 11 is 3.10. The highest BCUT2D eigenvalue weighted by atomic mass is 32.1. The molecule has 0 aliphatic heterocycles. The second-order valence-corrected chi connectivity index (χ2v) is 10.0. The molecule has 4 aromatic heterocycles. The highest BCUT2D eigenvalue weighted by Gasteiger charge is 2.25. The lowest BCUT2D eigenvalue weighted by Crippen LogP contribution is -2.37. The second kappa shape index (κ2) is 10.6. The molecule has 1 atom stereocenters. The van der Waals surface area contributed by atoms with Crippen molar-refractivity contribution in [1.82, 2.24) is 25.0 Å². The Labute approximate surface area is 215 Å². The van der Waals surface area contributed by atoms with Gasteiger partial charge in [-0.3, -0.25) is 14.0 Å². The molecule has 0 aliphatic rings. The standard InChI is InChI=1S/C26H25N5O3S2/c1-2-18(13-32)29-26(34)23-22(17-8-11-35-14-17)30-24-19(4-3-10-31(23)24)25(33)27-9-7-16-5-6-20-21(12-16)36-15-28-20/h3-6,8,10-12,14-15,18,32H,2,7,9,13H2,1H3,(H,27,33)(H,29,34)/t18-/m0/s1. The van der Waals surface area contributed by atoms with Gasteiger partial charge in [-0.15, -0.1) is 11.3 Å². The molecule has 36 heavy (non-hydrogen) atoms. The number of aliphatic hydroxyl groups excluding tert-OH is 1. The summed E-state index contributed by atoms with van der Waals surface area (Å²) in [7, 11) is 0. The SMILES string of the molecule is CC[C@@H](CO)NC(=O)c1c(-c2ccsc2)nc2c(C(=O)NCCc3ccc4ncsc4c3)cccn12. The number of aliphatic hydroxyl groups is 1. The molecule has 0 bridgehead atoms. The summed E-state index contributed by atoms with van der Waals surface area (Å²) in [5.74, 6) is -0.601. The van der Waals surface area contributed by atoms with Gasteiger partial charge in [0.2, 0.25) is 0 Å². The van der Waals surface area contributed by atoms with E-state index in [9.17, 15) is 14.7 Å². The minimum absolute atomic E-state index is 0.156. The molecule has 0 saturated heterocycles. The number of thiazole rings is 1. The predicted octanol–water partition coefficient (Wildman–Crippen LogP) is 4.15. The van der Waals surface area contributed by atoms with Crippen LogP contribution in [0.5, 0.6) is 0 Å². The topological polar surface area (TPSA) is 109 Å². The number of rotatable bonds is 9. The van der Waals surface area contributed by atoms with Crippen LogP contribution >= 0.6 is 22.7 Å². The van der Waals surface area contributed by atoms with E-state index in [0.29, 0.717) is 42.0 Å². The number of carbonyl (C=O) groups excluding carboxylic acids is 2. The number of carbonyl (C=O) groups is 2. The van der Waals surface area contributed by atoms with Crippen molar-refractivity contribution < 1.29 is 14.7 Å². The molecular weight excluding hydrogens is 494 g/mol. The zero-order valence-corrected chi connectivity index (χ0v) is 21.2. The van der Waals surface area contributed by atoms with Gasteiger partial charge in [0, 0.05) is 23.7 Å². The molecule has 3 N–H and O–H groups in total. The third-order valence-electron chi connectivity index (χ3n) is 6.05. The lowest BCUT2D eigenvalue weighted by atomic mass is 10.1. The van der Waals surface area contributed by atoms with E-state index in [0.717, 1.165) is 21.3 Å². The van der Waals surface area contributed by atoms with E-state index in [1.54, 1.807) is 34.1 Å². The predicted molar refractivity (Wildman–Crippen MR) is 143 cm³/mol. The fraction of sp³-hybridized carbons (Fsp3) is 0.231. The molecule has 0 fully saturated rings. The number of fused-ring (bicyclic) bond motifs is 2. The van der Waals surface area contributed by atoms with E-state index in [2.05, 4.69) is 21.7 Å². The van der Waals surface area contributed by atoms with E-state index in [1.807, 2.05) is 41.4 Å². The van der Waals surface area contributed by atoms with Gasteiger partial charge >= 0.3 is 0 Å². The molecule has 4 heterocycles. The van der Waals surface area contributed by atoms with Gasteiger partial charge in [-0.25, -0.2) is 9.97 Å². The molecule has 8 nitrogen and oxygen atoms in total. The van der Waals surface area contributed by atoms with Gasteiger partial charge in [-0.2, -0.15) is 11.3 Å². The van der Waals surface area contributed by atoms with Crippen LogP contribution in [0.3, 0.4) is 0 Å². The molecule has 0 unspecified atom stereocenters. The number of hydrogen-bond donors (Lipinski definition) is 3. The first-order valence-electron chi connectivity index (χ1n) is 11.6. The number of imidazole rings is 1. The Balaban J connectivity index is 1.42. The van der Waals surface area contributed by atoms with Crippen LogP contribution in [-0.2, 0) is 6.42 Å². The van der Waals surface area contributed by atoms with Gasteiger partial charge in [0.15, 0.2) is 5.65 Å². The molecule has 5 aromatic rings. The van der Waals surface area contributed by atoms with Crippen molar-refractivity contribution in [3.8, 4) is 11.3 Å². The van der Waals surface area contributed by atoms with Gasteiger partial charge in [0.05, 0.1) is 33.9 Å². The summed E-state index contributed by atoms with van der Waals surface area (Å²) in [6.45, 7) is 2.20. The number of aromatic nitrogens is 3. The van der Waals surface area contributed by atoms with Crippen LogP contribution in [0, 0.1) is 0 Å². The summed E-state index contributed by atoms with van der Waals surface area (Å²) in [6.07, 6.45) is 3.01. The van der Waals surface area contributed by atoms with Crippen molar-refractivity contribution in [1.29, 1.82) is 0 Å². The van der Waals surface area contributed by atoms with E-state index < -0.39 is 0 Å². The van der Waals surface area contributed by atoms with Crippen molar-refractivity contribution in [3.63, 3.8) is 0 Å². The van der Waals surface area contributed by atoms with E-state index in [-0.39, 0.29) is 24.5 Å². The van der Waals surface area contributed by atoms with Crippen LogP contribution in [-0.4, -0.2) is 50.5 Å². The molecule has 0 aliphatic carbocycles. The van der Waals surface area contributed by atoms with Gasteiger partial charge in [0.25, 0.3) is 11.8 Å². The fourth-order valence-corrected chi connectivity index (χ4v) is 5.44. The van der Waals surface area contributed by atoms with E-state index in [4.69, 9.17) is 4.98 Å². The van der Waals surface area contributed by atoms with Crippen molar-refractivity contribution in [3.05, 3.63) is 75.7 Å². The van der Waals surface area contributed by atoms with Crippen molar-refractivity contribution >= 4 is 50.4 Å². The Morgan fingerprint density at radius 3 is 2.86 bits per heavy atom. The van der Waals surface area contributed by atoms with Crippen LogP contribution in [0.15, 0.2) is 58.9 Å². The number of benzene rings is 1. The van der Waals surface area contributed by atoms with Gasteiger partial charge < -0.3 is 15.7 Å². The summed E-state index contributed by atoms with van der Waals surface area (Å²) in [6, 6.07) is 11.1. The van der Waals surface area contributed by atoms with Crippen LogP contribution in [0.2, 0.25) is 0 Å². The van der Waals surface area contributed by atoms with Crippen LogP contribution < -0.4 is 10.6 Å². The Morgan fingerprint density at radius 2 is 2.08 bits per heavy atom. The first-order valence-corrected chi connectivity index (χ1v) is 13.5. The normalized spacial score (nSPS) is 12.2. The van der Waals surface area contributed by atoms with E-state index >= 15 is 0 Å². The fourth-order valence-electron chi connectivity index (χ4n) is 4.06. The maximum atomic E-state index is 13.3. The number of pyridine rings is 1. The average molecular weight is 520 g/mol. The molecular formula is C26H25N5O3S2. The molecule has 5 rings (SSSR count). The molecule has 0 saturated carbocycles. The maximum absolute atomic E-state index is 13.3. The molecule has 0 radical (unpaired) electrons. The van der Waals surface area contributed by atoms with Crippen molar-refractivity contribution in [2.24, 2.45) is 0 Å². The summed E-state index contributed by atoms with van der Waals surface area (Å²) < 4.78 is 2.78. The van der Waals surface area contributed by atoms with Gasteiger partial charge in [0.1, 0.15) is 11.4 Å². The van der Waals surface area contributed by atoms with E-state index in [1.165, 1.54) is 11.3 Å². The minimum Gasteiger partial charge on any atom is -0.394 e. The smallest absolute Gasteiger partial charge is 0.270 e. The highest BCUT2D eigenvalue weighted by molar-refractivity contribution is 7.16. The number of thiophene rings is 1. The molecule has 2 amide bonds. The van der Waals surface area contributed by atoms with Crippen LogP contribution in [0.4, 0.5) is 0 Å². The molecule has 0 spiro atoms. The first kappa shape index (κ1) is 24.1. The van der Waals surface area contributed by atoms with Crippen molar-refractivity contribution in [2.45, 2.75) is 25.8 Å². The number of hydrogen-bond acceptors (Lipinski definition) is 7. The Kier molecular flexibility index (Phi) is 7.08. The second-order valence-electron chi connectivity index (χ2n) is 8.36. The molecule has 184 valence electrons.